The van der Waals surface area contributed by atoms with E-state index in [4.69, 9.17) is 5.73 Å². The van der Waals surface area contributed by atoms with E-state index in [1.54, 1.807) is 4.90 Å². The van der Waals surface area contributed by atoms with Crippen LogP contribution in [0.3, 0.4) is 0 Å². The lowest BCUT2D eigenvalue weighted by molar-refractivity contribution is 0.0760. The summed E-state index contributed by atoms with van der Waals surface area (Å²) in [5, 5.41) is 9.52. The van der Waals surface area contributed by atoms with Crippen molar-refractivity contribution in [2.45, 2.75) is 13.3 Å². The molecule has 5 nitrogen and oxygen atoms in total. The SMILES string of the molecule is CCN(CCCN)C(=O)c1ccncc1O. The Kier molecular flexibility index (Phi) is 4.72. The molecule has 1 aromatic rings. The van der Waals surface area contributed by atoms with E-state index in [0.717, 1.165) is 6.42 Å². The zero-order chi connectivity index (χ0) is 12.0. The number of carbonyl (C=O) groups is 1. The van der Waals surface area contributed by atoms with E-state index in [2.05, 4.69) is 4.98 Å². The van der Waals surface area contributed by atoms with E-state index < -0.39 is 0 Å². The zero-order valence-corrected chi connectivity index (χ0v) is 9.39. The van der Waals surface area contributed by atoms with Crippen molar-refractivity contribution in [2.75, 3.05) is 19.6 Å². The van der Waals surface area contributed by atoms with Crippen LogP contribution in [0.1, 0.15) is 23.7 Å². The highest BCUT2D eigenvalue weighted by molar-refractivity contribution is 5.96. The van der Waals surface area contributed by atoms with Gasteiger partial charge in [-0.3, -0.25) is 9.78 Å². The molecule has 5 heteroatoms. The molecule has 1 rings (SSSR count). The second-order valence-corrected chi connectivity index (χ2v) is 3.42. The molecule has 1 heterocycles. The van der Waals surface area contributed by atoms with Gasteiger partial charge in [-0.25, -0.2) is 0 Å². The first-order chi connectivity index (χ1) is 7.70. The standard InChI is InChI=1S/C11H17N3O2/c1-2-14(7-3-5-12)11(16)9-4-6-13-8-10(9)15/h4,6,8,15H,2-3,5,7,12H2,1H3. The molecule has 0 bridgehead atoms. The highest BCUT2D eigenvalue weighted by Crippen LogP contribution is 2.16. The third-order valence-electron chi connectivity index (χ3n) is 2.33. The van der Waals surface area contributed by atoms with Gasteiger partial charge in [0.1, 0.15) is 5.75 Å². The van der Waals surface area contributed by atoms with Crippen molar-refractivity contribution in [3.05, 3.63) is 24.0 Å². The van der Waals surface area contributed by atoms with E-state index in [1.807, 2.05) is 6.92 Å². The largest absolute Gasteiger partial charge is 0.505 e. The maximum atomic E-state index is 12.0. The van der Waals surface area contributed by atoms with Crippen LogP contribution in [0.2, 0.25) is 0 Å². The normalized spacial score (nSPS) is 10.1. The van der Waals surface area contributed by atoms with Crippen molar-refractivity contribution in [2.24, 2.45) is 5.73 Å². The van der Waals surface area contributed by atoms with Crippen molar-refractivity contribution < 1.29 is 9.90 Å². The minimum atomic E-state index is -0.184. The van der Waals surface area contributed by atoms with Gasteiger partial charge in [0, 0.05) is 19.3 Å². The van der Waals surface area contributed by atoms with Crippen LogP contribution in [0, 0.1) is 0 Å². The Hall–Kier alpha value is -1.62. The molecule has 1 amide bonds. The summed E-state index contributed by atoms with van der Waals surface area (Å²) >= 11 is 0. The summed E-state index contributed by atoms with van der Waals surface area (Å²) in [4.78, 5) is 17.4. The lowest BCUT2D eigenvalue weighted by Gasteiger charge is -2.20. The molecular formula is C11H17N3O2. The minimum Gasteiger partial charge on any atom is -0.505 e. The van der Waals surface area contributed by atoms with E-state index in [1.165, 1.54) is 18.5 Å². The van der Waals surface area contributed by atoms with Gasteiger partial charge in [-0.1, -0.05) is 0 Å². The Morgan fingerprint density at radius 1 is 1.62 bits per heavy atom. The maximum Gasteiger partial charge on any atom is 0.257 e. The summed E-state index contributed by atoms with van der Waals surface area (Å²) < 4.78 is 0. The van der Waals surface area contributed by atoms with Crippen LogP contribution >= 0.6 is 0 Å². The van der Waals surface area contributed by atoms with Crippen molar-refractivity contribution in [1.82, 2.24) is 9.88 Å². The summed E-state index contributed by atoms with van der Waals surface area (Å²) in [6.45, 7) is 3.65. The van der Waals surface area contributed by atoms with Crippen molar-refractivity contribution in [3.63, 3.8) is 0 Å². The lowest BCUT2D eigenvalue weighted by Crippen LogP contribution is -2.32. The smallest absolute Gasteiger partial charge is 0.257 e. The van der Waals surface area contributed by atoms with Gasteiger partial charge in [-0.2, -0.15) is 0 Å². The van der Waals surface area contributed by atoms with Crippen LogP contribution < -0.4 is 5.73 Å². The van der Waals surface area contributed by atoms with Gasteiger partial charge in [0.15, 0.2) is 0 Å². The summed E-state index contributed by atoms with van der Waals surface area (Å²) in [5.74, 6) is -0.269. The average molecular weight is 223 g/mol. The molecule has 1 aromatic heterocycles. The molecule has 0 unspecified atom stereocenters. The molecule has 0 aliphatic carbocycles. The fourth-order valence-electron chi connectivity index (χ4n) is 1.42. The second-order valence-electron chi connectivity index (χ2n) is 3.42. The van der Waals surface area contributed by atoms with Crippen LogP contribution in [0.15, 0.2) is 18.5 Å². The van der Waals surface area contributed by atoms with E-state index >= 15 is 0 Å². The molecular weight excluding hydrogens is 206 g/mol. The molecule has 0 spiro atoms. The highest BCUT2D eigenvalue weighted by Gasteiger charge is 2.16. The van der Waals surface area contributed by atoms with Crippen LogP contribution in [0.4, 0.5) is 0 Å². The van der Waals surface area contributed by atoms with E-state index in [-0.39, 0.29) is 17.2 Å². The van der Waals surface area contributed by atoms with Gasteiger partial charge in [0.2, 0.25) is 0 Å². The molecule has 0 saturated carbocycles. The van der Waals surface area contributed by atoms with E-state index in [9.17, 15) is 9.90 Å². The number of pyridine rings is 1. The summed E-state index contributed by atoms with van der Waals surface area (Å²) in [7, 11) is 0. The minimum absolute atomic E-state index is 0.0845. The molecule has 0 aromatic carbocycles. The molecule has 16 heavy (non-hydrogen) atoms. The van der Waals surface area contributed by atoms with Crippen LogP contribution in [0.25, 0.3) is 0 Å². The first-order valence-electron chi connectivity index (χ1n) is 5.33. The predicted molar refractivity (Wildman–Crippen MR) is 61.2 cm³/mol. The molecule has 0 saturated heterocycles. The van der Waals surface area contributed by atoms with Gasteiger partial charge < -0.3 is 15.7 Å². The quantitative estimate of drug-likeness (QED) is 0.766. The maximum absolute atomic E-state index is 12.0. The highest BCUT2D eigenvalue weighted by atomic mass is 16.3. The third kappa shape index (κ3) is 2.93. The molecule has 0 atom stereocenters. The Labute approximate surface area is 94.9 Å². The summed E-state index contributed by atoms with van der Waals surface area (Å²) in [5.41, 5.74) is 5.69. The van der Waals surface area contributed by atoms with E-state index in [0.29, 0.717) is 19.6 Å². The molecule has 0 aliphatic heterocycles. The van der Waals surface area contributed by atoms with Crippen molar-refractivity contribution in [1.29, 1.82) is 0 Å². The number of carbonyl (C=O) groups excluding carboxylic acids is 1. The number of nitrogens with zero attached hydrogens (tertiary/aromatic N) is 2. The number of aromatic hydroxyl groups is 1. The first kappa shape index (κ1) is 12.4. The van der Waals surface area contributed by atoms with Crippen LogP contribution in [0.5, 0.6) is 5.75 Å². The Bertz CT molecular complexity index is 355. The predicted octanol–water partition coefficient (Wildman–Crippen LogP) is 0.598. The van der Waals surface area contributed by atoms with Gasteiger partial charge >= 0.3 is 0 Å². The van der Waals surface area contributed by atoms with Gasteiger partial charge in [-0.15, -0.1) is 0 Å². The summed E-state index contributed by atoms with van der Waals surface area (Å²) in [6, 6.07) is 1.52. The number of hydrogen-bond acceptors (Lipinski definition) is 4. The fraction of sp³-hybridized carbons (Fsp3) is 0.455. The Balaban J connectivity index is 2.79. The molecule has 3 N–H and O–H groups in total. The van der Waals surface area contributed by atoms with Gasteiger partial charge in [-0.05, 0) is 26.0 Å². The van der Waals surface area contributed by atoms with Gasteiger partial charge in [0.25, 0.3) is 5.91 Å². The average Bonchev–Trinajstić information content (AvgIpc) is 2.30. The number of hydrogen-bond donors (Lipinski definition) is 2. The Morgan fingerprint density at radius 2 is 2.38 bits per heavy atom. The Morgan fingerprint density at radius 3 is 2.94 bits per heavy atom. The van der Waals surface area contributed by atoms with Crippen LogP contribution in [-0.4, -0.2) is 40.5 Å². The zero-order valence-electron chi connectivity index (χ0n) is 9.39. The molecule has 0 fully saturated rings. The lowest BCUT2D eigenvalue weighted by atomic mass is 10.2. The monoisotopic (exact) mass is 223 g/mol. The van der Waals surface area contributed by atoms with Crippen LogP contribution in [-0.2, 0) is 0 Å². The van der Waals surface area contributed by atoms with Gasteiger partial charge in [0.05, 0.1) is 11.8 Å². The first-order valence-corrected chi connectivity index (χ1v) is 5.33. The summed E-state index contributed by atoms with van der Waals surface area (Å²) in [6.07, 6.45) is 3.51. The number of nitrogens with two attached hydrogens (primary N) is 1. The number of aromatic nitrogens is 1. The third-order valence-corrected chi connectivity index (χ3v) is 2.33. The molecule has 88 valence electrons. The second kappa shape index (κ2) is 6.07. The number of rotatable bonds is 5. The topological polar surface area (TPSA) is 79.5 Å². The van der Waals surface area contributed by atoms with Crippen molar-refractivity contribution in [3.8, 4) is 5.75 Å². The fourth-order valence-corrected chi connectivity index (χ4v) is 1.42. The molecule has 0 aliphatic rings. The van der Waals surface area contributed by atoms with Crippen molar-refractivity contribution >= 4 is 5.91 Å². The number of amides is 1. The molecule has 0 radical (unpaired) electrons.